The molecule has 0 saturated carbocycles. The maximum atomic E-state index is 14.3. The molecule has 1 aliphatic rings. The minimum Gasteiger partial charge on any atom is -0.506 e. The average Bonchev–Trinajstić information content (AvgIpc) is 3.55. The molecule has 1 aliphatic heterocycles. The summed E-state index contributed by atoms with van der Waals surface area (Å²) in [6.45, 7) is -0.291. The number of pyridine rings is 1. The van der Waals surface area contributed by atoms with E-state index in [2.05, 4.69) is 30.3 Å². The Kier molecular flexibility index (Phi) is 6.81. The Morgan fingerprint density at radius 3 is 2.80 bits per heavy atom. The van der Waals surface area contributed by atoms with Gasteiger partial charge in [0.15, 0.2) is 5.82 Å². The van der Waals surface area contributed by atoms with Gasteiger partial charge in [0.05, 0.1) is 34.9 Å². The molecule has 0 bridgehead atoms. The summed E-state index contributed by atoms with van der Waals surface area (Å²) < 4.78 is 20.7. The lowest BCUT2D eigenvalue weighted by Gasteiger charge is -2.28. The second-order valence-electron chi connectivity index (χ2n) is 9.09. The molecule has 0 radical (unpaired) electrons. The number of halogens is 2. The van der Waals surface area contributed by atoms with Gasteiger partial charge in [-0.2, -0.15) is 4.37 Å². The Morgan fingerprint density at radius 2 is 2.00 bits per heavy atom. The highest BCUT2D eigenvalue weighted by molar-refractivity contribution is 7.13. The molecule has 6 rings (SSSR count). The SMILES string of the molecule is O=C1Cn2c(C(=O)NCc3ccc(O)cn3)nc(NC(=O)c3nsc4ccccc34)c2C(c2cc(F)ccc2Cl)N1. The molecule has 5 aromatic rings. The predicted molar refractivity (Wildman–Crippen MR) is 148 cm³/mol. The molecule has 11 nitrogen and oxygen atoms in total. The van der Waals surface area contributed by atoms with Crippen LogP contribution in [-0.2, 0) is 17.9 Å². The van der Waals surface area contributed by atoms with Gasteiger partial charge in [-0.05, 0) is 47.9 Å². The van der Waals surface area contributed by atoms with E-state index in [0.717, 1.165) is 16.2 Å². The van der Waals surface area contributed by atoms with E-state index in [9.17, 15) is 23.9 Å². The van der Waals surface area contributed by atoms with Crippen LogP contribution < -0.4 is 16.0 Å². The zero-order chi connectivity index (χ0) is 28.7. The zero-order valence-corrected chi connectivity index (χ0v) is 22.5. The first-order chi connectivity index (χ1) is 19.8. The molecule has 41 heavy (non-hydrogen) atoms. The molecule has 206 valence electrons. The molecule has 1 unspecified atom stereocenters. The molecular formula is C27H19ClFN7O4S. The van der Waals surface area contributed by atoms with Crippen LogP contribution in [0.4, 0.5) is 10.2 Å². The third-order valence-corrected chi connectivity index (χ3v) is 7.59. The lowest BCUT2D eigenvalue weighted by molar-refractivity contribution is -0.123. The van der Waals surface area contributed by atoms with Gasteiger partial charge >= 0.3 is 0 Å². The number of hydrogen-bond donors (Lipinski definition) is 4. The van der Waals surface area contributed by atoms with Crippen LogP contribution in [0.3, 0.4) is 0 Å². The number of anilines is 1. The van der Waals surface area contributed by atoms with Crippen LogP contribution in [0.5, 0.6) is 5.75 Å². The van der Waals surface area contributed by atoms with Gasteiger partial charge in [-0.15, -0.1) is 0 Å². The standard InChI is InChI=1S/C27H19ClFN7O4S/c28-18-8-5-13(29)9-17(18)21-23-24(34-26(39)22-16-3-1-2-4-19(16)41-35-22)33-25(36(23)12-20(38)32-21)27(40)31-10-14-6-7-15(37)11-30-14/h1-9,11,21,37H,10,12H2,(H,31,40)(H,32,38)(H,34,39). The van der Waals surface area contributed by atoms with Crippen LogP contribution in [0.15, 0.2) is 60.8 Å². The van der Waals surface area contributed by atoms with Crippen LogP contribution in [0, 0.1) is 5.82 Å². The van der Waals surface area contributed by atoms with Gasteiger partial charge in [0.25, 0.3) is 11.8 Å². The number of aromatic hydroxyl groups is 1. The van der Waals surface area contributed by atoms with Gasteiger partial charge in [-0.1, -0.05) is 29.8 Å². The quantitative estimate of drug-likeness (QED) is 0.234. The van der Waals surface area contributed by atoms with E-state index in [-0.39, 0.29) is 52.5 Å². The number of amides is 3. The highest BCUT2D eigenvalue weighted by Gasteiger charge is 2.36. The molecule has 0 saturated heterocycles. The first-order valence-electron chi connectivity index (χ1n) is 12.2. The Bertz CT molecular complexity index is 1840. The number of carbonyl (C=O) groups is 3. The summed E-state index contributed by atoms with van der Waals surface area (Å²) in [5.74, 6) is -2.50. The van der Waals surface area contributed by atoms with E-state index in [1.807, 2.05) is 12.1 Å². The molecule has 1 atom stereocenters. The fraction of sp³-hybridized carbons (Fsp3) is 0.111. The summed E-state index contributed by atoms with van der Waals surface area (Å²) in [6.07, 6.45) is 1.24. The fourth-order valence-corrected chi connectivity index (χ4v) is 5.55. The molecular weight excluding hydrogens is 573 g/mol. The predicted octanol–water partition coefficient (Wildman–Crippen LogP) is 3.79. The van der Waals surface area contributed by atoms with Crippen molar-refractivity contribution in [2.45, 2.75) is 19.1 Å². The Balaban J connectivity index is 1.41. The van der Waals surface area contributed by atoms with Crippen molar-refractivity contribution in [3.8, 4) is 5.75 Å². The maximum absolute atomic E-state index is 14.3. The number of aromatic nitrogens is 4. The second kappa shape index (κ2) is 10.6. The van der Waals surface area contributed by atoms with Crippen LogP contribution in [0.2, 0.25) is 5.02 Å². The molecule has 0 spiro atoms. The van der Waals surface area contributed by atoms with Crippen LogP contribution in [0.25, 0.3) is 10.1 Å². The molecule has 0 aliphatic carbocycles. The molecule has 14 heteroatoms. The zero-order valence-electron chi connectivity index (χ0n) is 20.9. The molecule has 3 aromatic heterocycles. The average molecular weight is 592 g/mol. The number of nitrogens with zero attached hydrogens (tertiary/aromatic N) is 4. The van der Waals surface area contributed by atoms with Gasteiger partial charge in [-0.3, -0.25) is 19.4 Å². The number of rotatable bonds is 6. The summed E-state index contributed by atoms with van der Waals surface area (Å²) in [5.41, 5.74) is 1.08. The minimum absolute atomic E-state index is 0.000831. The van der Waals surface area contributed by atoms with Crippen molar-refractivity contribution in [2.75, 3.05) is 5.32 Å². The lowest BCUT2D eigenvalue weighted by atomic mass is 10.0. The summed E-state index contributed by atoms with van der Waals surface area (Å²) in [5, 5.41) is 18.4. The van der Waals surface area contributed by atoms with E-state index < -0.39 is 29.6 Å². The summed E-state index contributed by atoms with van der Waals surface area (Å²) in [4.78, 5) is 48.0. The topological polar surface area (TPSA) is 151 Å². The molecule has 4 N–H and O–H groups in total. The molecule has 4 heterocycles. The van der Waals surface area contributed by atoms with Gasteiger partial charge in [0.2, 0.25) is 11.7 Å². The van der Waals surface area contributed by atoms with Crippen LogP contribution >= 0.6 is 23.1 Å². The summed E-state index contributed by atoms with van der Waals surface area (Å²) in [7, 11) is 0. The van der Waals surface area contributed by atoms with Crippen LogP contribution in [-0.4, -0.2) is 41.7 Å². The number of fused-ring (bicyclic) bond motifs is 2. The second-order valence-corrected chi connectivity index (χ2v) is 10.3. The van der Waals surface area contributed by atoms with E-state index in [1.54, 1.807) is 12.1 Å². The van der Waals surface area contributed by atoms with Crippen molar-refractivity contribution in [1.29, 1.82) is 0 Å². The van der Waals surface area contributed by atoms with Crippen molar-refractivity contribution in [3.63, 3.8) is 0 Å². The minimum atomic E-state index is -1.03. The highest BCUT2D eigenvalue weighted by atomic mass is 35.5. The van der Waals surface area contributed by atoms with Crippen molar-refractivity contribution in [3.05, 3.63) is 100 Å². The number of carbonyl (C=O) groups excluding carboxylic acids is 3. The van der Waals surface area contributed by atoms with Crippen molar-refractivity contribution in [1.82, 2.24) is 29.5 Å². The van der Waals surface area contributed by atoms with Crippen molar-refractivity contribution in [2.24, 2.45) is 0 Å². The van der Waals surface area contributed by atoms with Gasteiger partial charge in [0, 0.05) is 16.0 Å². The summed E-state index contributed by atoms with van der Waals surface area (Å²) >= 11 is 7.56. The Hall–Kier alpha value is -4.88. The lowest BCUT2D eigenvalue weighted by Crippen LogP contribution is -2.41. The van der Waals surface area contributed by atoms with Crippen molar-refractivity contribution >= 4 is 56.8 Å². The molecule has 3 amide bonds. The smallest absolute Gasteiger partial charge is 0.287 e. The monoisotopic (exact) mass is 591 g/mol. The van der Waals surface area contributed by atoms with Gasteiger partial charge in [0.1, 0.15) is 23.8 Å². The highest BCUT2D eigenvalue weighted by Crippen LogP contribution is 2.36. The molecule has 0 fully saturated rings. The van der Waals surface area contributed by atoms with E-state index in [4.69, 9.17) is 11.6 Å². The third-order valence-electron chi connectivity index (χ3n) is 6.42. The normalized spacial score (nSPS) is 14.4. The van der Waals surface area contributed by atoms with Gasteiger partial charge < -0.3 is 25.6 Å². The number of hydrogen-bond acceptors (Lipinski definition) is 8. The maximum Gasteiger partial charge on any atom is 0.287 e. The first-order valence-corrected chi connectivity index (χ1v) is 13.4. The van der Waals surface area contributed by atoms with Gasteiger partial charge in [-0.25, -0.2) is 9.37 Å². The first kappa shape index (κ1) is 26.3. The van der Waals surface area contributed by atoms with Crippen LogP contribution in [0.1, 0.15) is 44.1 Å². The third kappa shape index (κ3) is 5.08. The van der Waals surface area contributed by atoms with E-state index in [0.29, 0.717) is 11.1 Å². The number of nitrogens with one attached hydrogen (secondary N) is 3. The molecule has 2 aromatic carbocycles. The largest absolute Gasteiger partial charge is 0.506 e. The number of imidazole rings is 1. The Labute approximate surface area is 240 Å². The summed E-state index contributed by atoms with van der Waals surface area (Å²) in [6, 6.07) is 12.9. The fourth-order valence-electron chi connectivity index (χ4n) is 4.55. The Morgan fingerprint density at radius 1 is 1.17 bits per heavy atom. The number of benzene rings is 2. The van der Waals surface area contributed by atoms with E-state index in [1.165, 1.54) is 41.1 Å². The van der Waals surface area contributed by atoms with E-state index >= 15 is 0 Å². The van der Waals surface area contributed by atoms with Crippen molar-refractivity contribution < 1.29 is 23.9 Å².